The van der Waals surface area contributed by atoms with E-state index >= 15 is 0 Å². The zero-order valence-corrected chi connectivity index (χ0v) is 5.29. The van der Waals surface area contributed by atoms with Crippen LogP contribution in [0.5, 0.6) is 0 Å². The van der Waals surface area contributed by atoms with Gasteiger partial charge in [0.15, 0.2) is 0 Å². The molecule has 0 aromatic carbocycles. The van der Waals surface area contributed by atoms with E-state index < -0.39 is 0 Å². The molecule has 1 radical (unpaired) electrons. The molecule has 51 valence electrons. The maximum Gasteiger partial charge on any atom is 0.123 e. The highest BCUT2D eigenvalue weighted by Gasteiger charge is 2.18. The van der Waals surface area contributed by atoms with Gasteiger partial charge in [-0.25, -0.2) is 0 Å². The Hall–Kier alpha value is -0.370. The summed E-state index contributed by atoms with van der Waals surface area (Å²) in [6.45, 7) is 0. The highest BCUT2D eigenvalue weighted by atomic mass is 16.3. The van der Waals surface area contributed by atoms with Crippen molar-refractivity contribution < 1.29 is 9.90 Å². The van der Waals surface area contributed by atoms with Crippen molar-refractivity contribution in [2.45, 2.75) is 25.4 Å². The van der Waals surface area contributed by atoms with Crippen LogP contribution in [0.25, 0.3) is 0 Å². The van der Waals surface area contributed by atoms with Gasteiger partial charge in [0.05, 0.1) is 6.10 Å². The van der Waals surface area contributed by atoms with E-state index in [4.69, 9.17) is 5.11 Å². The van der Waals surface area contributed by atoms with Gasteiger partial charge in [-0.1, -0.05) is 0 Å². The molecule has 9 heavy (non-hydrogen) atoms. The lowest BCUT2D eigenvalue weighted by atomic mass is 9.89. The number of hydrogen-bond donors (Lipinski definition) is 1. The first-order chi connectivity index (χ1) is 4.33. The van der Waals surface area contributed by atoms with Crippen molar-refractivity contribution in [2.24, 2.45) is 5.92 Å². The number of aliphatic hydroxyl groups is 1. The zero-order valence-electron chi connectivity index (χ0n) is 5.29. The summed E-state index contributed by atoms with van der Waals surface area (Å²) < 4.78 is 0. The molecule has 2 heteroatoms. The molecule has 2 unspecified atom stereocenters. The van der Waals surface area contributed by atoms with Crippen LogP contribution in [-0.2, 0) is 4.79 Å². The normalized spacial score (nSPS) is 36.1. The Bertz CT molecular complexity index is 93.1. The van der Waals surface area contributed by atoms with Crippen LogP contribution in [0.15, 0.2) is 0 Å². The molecule has 1 aliphatic carbocycles. The molecule has 0 saturated heterocycles. The quantitative estimate of drug-likeness (QED) is 0.522. The van der Waals surface area contributed by atoms with Gasteiger partial charge in [0.25, 0.3) is 0 Å². The van der Waals surface area contributed by atoms with Crippen molar-refractivity contribution in [1.82, 2.24) is 0 Å². The largest absolute Gasteiger partial charge is 0.393 e. The third kappa shape index (κ3) is 1.79. The van der Waals surface area contributed by atoms with Gasteiger partial charge in [-0.2, -0.15) is 0 Å². The fraction of sp³-hybridized carbons (Fsp3) is 0.714. The molecule has 1 saturated carbocycles. The van der Waals surface area contributed by atoms with E-state index in [-0.39, 0.29) is 12.0 Å². The Kier molecular flexibility index (Phi) is 2.22. The number of aliphatic hydroxyl groups excluding tert-OH is 1. The molecule has 1 rings (SSSR count). The first kappa shape index (κ1) is 6.75. The highest BCUT2D eigenvalue weighted by Crippen LogP contribution is 2.20. The van der Waals surface area contributed by atoms with Crippen molar-refractivity contribution in [1.29, 1.82) is 0 Å². The van der Waals surface area contributed by atoms with E-state index in [0.29, 0.717) is 0 Å². The lowest BCUT2D eigenvalue weighted by Gasteiger charge is -2.20. The fourth-order valence-corrected chi connectivity index (χ4v) is 1.08. The third-order valence-electron chi connectivity index (χ3n) is 1.74. The van der Waals surface area contributed by atoms with Gasteiger partial charge in [-0.05, 0) is 25.7 Å². The van der Waals surface area contributed by atoms with Gasteiger partial charge < -0.3 is 9.90 Å². The number of rotatable bonds is 1. The molecule has 1 aliphatic rings. The molecule has 2 atom stereocenters. The van der Waals surface area contributed by atoms with Crippen LogP contribution in [0.1, 0.15) is 19.3 Å². The molecule has 1 N–H and O–H groups in total. The summed E-state index contributed by atoms with van der Waals surface area (Å²) in [5.41, 5.74) is 0. The number of carbonyl (C=O) groups excluding carboxylic acids is 1. The molecule has 1 fully saturated rings. The van der Waals surface area contributed by atoms with Gasteiger partial charge in [0.1, 0.15) is 6.29 Å². The zero-order chi connectivity index (χ0) is 6.69. The second-order valence-corrected chi connectivity index (χ2v) is 2.51. The minimum Gasteiger partial charge on any atom is -0.393 e. The number of aldehydes is 1. The Balaban J connectivity index is 2.26. The first-order valence-corrected chi connectivity index (χ1v) is 3.29. The minimum atomic E-state index is -0.263. The molecule has 0 aromatic heterocycles. The van der Waals surface area contributed by atoms with Crippen LogP contribution in [-0.4, -0.2) is 17.5 Å². The predicted molar refractivity (Wildman–Crippen MR) is 33.7 cm³/mol. The summed E-state index contributed by atoms with van der Waals surface area (Å²) in [6, 6.07) is 0. The maximum absolute atomic E-state index is 10.2. The minimum absolute atomic E-state index is 0.174. The summed E-state index contributed by atoms with van der Waals surface area (Å²) in [7, 11) is 0. The van der Waals surface area contributed by atoms with E-state index in [1.54, 1.807) is 0 Å². The molecule has 2 nitrogen and oxygen atoms in total. The molecule has 0 heterocycles. The van der Waals surface area contributed by atoms with Gasteiger partial charge in [-0.15, -0.1) is 0 Å². The van der Waals surface area contributed by atoms with Gasteiger partial charge >= 0.3 is 0 Å². The van der Waals surface area contributed by atoms with Crippen LogP contribution in [0.3, 0.4) is 0 Å². The van der Waals surface area contributed by atoms with Gasteiger partial charge in [-0.3, -0.25) is 0 Å². The Morgan fingerprint density at radius 1 is 1.56 bits per heavy atom. The van der Waals surface area contributed by atoms with Crippen molar-refractivity contribution in [3.05, 3.63) is 6.42 Å². The first-order valence-electron chi connectivity index (χ1n) is 3.29. The van der Waals surface area contributed by atoms with Gasteiger partial charge in [0.2, 0.25) is 0 Å². The lowest BCUT2D eigenvalue weighted by molar-refractivity contribution is -0.111. The average Bonchev–Trinajstić information content (AvgIpc) is 1.90. The molecular weight excluding hydrogens is 116 g/mol. The van der Waals surface area contributed by atoms with E-state index in [2.05, 4.69) is 0 Å². The van der Waals surface area contributed by atoms with Crippen LogP contribution < -0.4 is 0 Å². The summed E-state index contributed by atoms with van der Waals surface area (Å²) in [4.78, 5) is 10.2. The van der Waals surface area contributed by atoms with Crippen molar-refractivity contribution >= 4 is 6.29 Å². The summed E-state index contributed by atoms with van der Waals surface area (Å²) in [5, 5.41) is 8.95. The van der Waals surface area contributed by atoms with Crippen LogP contribution in [0.2, 0.25) is 0 Å². The van der Waals surface area contributed by atoms with Crippen molar-refractivity contribution in [2.75, 3.05) is 0 Å². The lowest BCUT2D eigenvalue weighted by Crippen LogP contribution is -2.19. The number of carbonyl (C=O) groups is 1. The predicted octanol–water partition coefficient (Wildman–Crippen LogP) is 0.551. The molecular formula is C7H11O2. The topological polar surface area (TPSA) is 37.3 Å². The number of hydrogen-bond acceptors (Lipinski definition) is 2. The summed E-state index contributed by atoms with van der Waals surface area (Å²) >= 11 is 0. The van der Waals surface area contributed by atoms with Crippen LogP contribution >= 0.6 is 0 Å². The third-order valence-corrected chi connectivity index (χ3v) is 1.74. The molecule has 0 aliphatic heterocycles. The van der Waals surface area contributed by atoms with Crippen molar-refractivity contribution in [3.8, 4) is 0 Å². The fourth-order valence-electron chi connectivity index (χ4n) is 1.08. The molecule has 0 amide bonds. The van der Waals surface area contributed by atoms with Crippen LogP contribution in [0.4, 0.5) is 0 Å². The van der Waals surface area contributed by atoms with Crippen molar-refractivity contribution in [3.63, 3.8) is 0 Å². The standard InChI is InChI=1S/C7H11O2/c8-5-6-1-3-7(9)4-2-6/h3,5-7,9H,1-2,4H2. The van der Waals surface area contributed by atoms with E-state index in [0.717, 1.165) is 25.5 Å². The molecule has 0 bridgehead atoms. The average molecular weight is 127 g/mol. The smallest absolute Gasteiger partial charge is 0.123 e. The maximum atomic E-state index is 10.2. The Labute approximate surface area is 54.9 Å². The molecule has 0 spiro atoms. The molecule has 0 aromatic rings. The highest BCUT2D eigenvalue weighted by molar-refractivity contribution is 5.53. The van der Waals surface area contributed by atoms with Crippen LogP contribution in [0, 0.1) is 12.3 Å². The van der Waals surface area contributed by atoms with E-state index in [1.807, 2.05) is 6.42 Å². The second kappa shape index (κ2) is 2.97. The SMILES string of the molecule is O=CC1C[CH]C(O)CC1. The Morgan fingerprint density at radius 3 is 2.78 bits per heavy atom. The summed E-state index contributed by atoms with van der Waals surface area (Å²) in [5.74, 6) is 0.174. The van der Waals surface area contributed by atoms with Gasteiger partial charge in [0, 0.05) is 5.92 Å². The monoisotopic (exact) mass is 127 g/mol. The second-order valence-electron chi connectivity index (χ2n) is 2.51. The summed E-state index contributed by atoms with van der Waals surface area (Å²) in [6.07, 6.45) is 4.88. The van der Waals surface area contributed by atoms with E-state index in [9.17, 15) is 4.79 Å². The Morgan fingerprint density at radius 2 is 2.33 bits per heavy atom. The van der Waals surface area contributed by atoms with E-state index in [1.165, 1.54) is 0 Å².